The Morgan fingerprint density at radius 3 is 1.92 bits per heavy atom. The molecule has 0 saturated carbocycles. The van der Waals surface area contributed by atoms with Crippen LogP contribution in [-0.2, 0) is 16.4 Å². The summed E-state index contributed by atoms with van der Waals surface area (Å²) in [5.74, 6) is 0. The zero-order chi connectivity index (χ0) is 17.9. The lowest BCUT2D eigenvalue weighted by atomic mass is 10.1. The Morgan fingerprint density at radius 2 is 1.40 bits per heavy atom. The van der Waals surface area contributed by atoms with E-state index in [-0.39, 0.29) is 5.69 Å². The number of benzene rings is 2. The number of hydrogen-bond donors (Lipinski definition) is 0. The molecule has 0 N–H and O–H groups in total. The van der Waals surface area contributed by atoms with Gasteiger partial charge >= 0.3 is 0 Å². The van der Waals surface area contributed by atoms with E-state index in [2.05, 4.69) is 0 Å². The highest BCUT2D eigenvalue weighted by Gasteiger charge is 2.25. The Balaban J connectivity index is 1.72. The molecular formula is C18H20N2O4S. The van der Waals surface area contributed by atoms with E-state index in [9.17, 15) is 18.5 Å². The number of non-ortho nitro benzene ring substituents is 1. The lowest BCUT2D eigenvalue weighted by molar-refractivity contribution is -0.384. The first-order valence-electron chi connectivity index (χ1n) is 8.29. The van der Waals surface area contributed by atoms with Crippen LogP contribution in [0.15, 0.2) is 53.4 Å². The summed E-state index contributed by atoms with van der Waals surface area (Å²) in [7, 11) is -3.41. The van der Waals surface area contributed by atoms with Crippen molar-refractivity contribution in [3.05, 3.63) is 69.8 Å². The van der Waals surface area contributed by atoms with Gasteiger partial charge in [0.2, 0.25) is 10.0 Å². The summed E-state index contributed by atoms with van der Waals surface area (Å²) in [6.07, 6.45) is 3.51. The van der Waals surface area contributed by atoms with Crippen molar-refractivity contribution in [2.24, 2.45) is 0 Å². The van der Waals surface area contributed by atoms with Crippen molar-refractivity contribution in [2.45, 2.75) is 30.6 Å². The number of piperidine rings is 1. The predicted molar refractivity (Wildman–Crippen MR) is 95.0 cm³/mol. The van der Waals surface area contributed by atoms with Crippen molar-refractivity contribution < 1.29 is 13.3 Å². The summed E-state index contributed by atoms with van der Waals surface area (Å²) in [5.41, 5.74) is 1.97. The first-order chi connectivity index (χ1) is 12.0. The molecule has 6 nitrogen and oxygen atoms in total. The van der Waals surface area contributed by atoms with Crippen LogP contribution in [0.5, 0.6) is 0 Å². The smallest absolute Gasteiger partial charge is 0.258 e. The molecular weight excluding hydrogens is 340 g/mol. The average molecular weight is 360 g/mol. The molecule has 1 fully saturated rings. The third-order valence-electron chi connectivity index (χ3n) is 4.43. The van der Waals surface area contributed by atoms with Crippen LogP contribution < -0.4 is 0 Å². The fraction of sp³-hybridized carbons (Fsp3) is 0.333. The van der Waals surface area contributed by atoms with Crippen LogP contribution in [0.4, 0.5) is 5.69 Å². The van der Waals surface area contributed by atoms with E-state index in [1.165, 1.54) is 12.1 Å². The van der Waals surface area contributed by atoms with E-state index in [0.29, 0.717) is 24.4 Å². The standard InChI is InChI=1S/C18H20N2O4S/c21-20(22)17-8-4-15(5-9-17)14-16-6-10-18(11-7-16)25(23,24)19-12-2-1-3-13-19/h4-11H,1-3,12-14H2. The molecule has 2 aromatic carbocycles. The molecule has 0 radical (unpaired) electrons. The molecule has 1 aliphatic heterocycles. The molecule has 0 spiro atoms. The van der Waals surface area contributed by atoms with Crippen molar-refractivity contribution in [3.8, 4) is 0 Å². The maximum atomic E-state index is 12.6. The highest BCUT2D eigenvalue weighted by Crippen LogP contribution is 2.22. The Labute approximate surface area is 147 Å². The highest BCUT2D eigenvalue weighted by atomic mass is 32.2. The first-order valence-corrected chi connectivity index (χ1v) is 9.73. The van der Waals surface area contributed by atoms with E-state index in [0.717, 1.165) is 30.4 Å². The summed E-state index contributed by atoms with van der Waals surface area (Å²) in [5, 5.41) is 10.7. The Morgan fingerprint density at radius 1 is 0.880 bits per heavy atom. The monoisotopic (exact) mass is 360 g/mol. The number of sulfonamides is 1. The lowest BCUT2D eigenvalue weighted by Crippen LogP contribution is -2.35. The molecule has 0 atom stereocenters. The van der Waals surface area contributed by atoms with E-state index in [4.69, 9.17) is 0 Å². The van der Waals surface area contributed by atoms with Gasteiger partial charge in [-0.15, -0.1) is 0 Å². The van der Waals surface area contributed by atoms with Gasteiger partial charge in [0.15, 0.2) is 0 Å². The second kappa shape index (κ2) is 7.33. The molecule has 1 aliphatic rings. The SMILES string of the molecule is O=[N+]([O-])c1ccc(Cc2ccc(S(=O)(=O)N3CCCCC3)cc2)cc1. The molecule has 0 aromatic heterocycles. The molecule has 7 heteroatoms. The maximum absolute atomic E-state index is 12.6. The second-order valence-corrected chi connectivity index (χ2v) is 8.15. The Bertz CT molecular complexity index is 840. The fourth-order valence-electron chi connectivity index (χ4n) is 3.00. The summed E-state index contributed by atoms with van der Waals surface area (Å²) in [6.45, 7) is 1.18. The van der Waals surface area contributed by atoms with Crippen LogP contribution in [0, 0.1) is 10.1 Å². The Kier molecular flexibility index (Phi) is 5.15. The van der Waals surface area contributed by atoms with Gasteiger partial charge in [0.05, 0.1) is 9.82 Å². The molecule has 1 saturated heterocycles. The number of nitrogens with zero attached hydrogens (tertiary/aromatic N) is 2. The molecule has 1 heterocycles. The summed E-state index contributed by atoms with van der Waals surface area (Å²) < 4.78 is 26.8. The van der Waals surface area contributed by atoms with Gasteiger partial charge in [0, 0.05) is 25.2 Å². The summed E-state index contributed by atoms with van der Waals surface area (Å²) in [6, 6.07) is 13.3. The quantitative estimate of drug-likeness (QED) is 0.605. The first kappa shape index (κ1) is 17.6. The molecule has 2 aromatic rings. The van der Waals surface area contributed by atoms with Gasteiger partial charge in [0.1, 0.15) is 0 Å². The van der Waals surface area contributed by atoms with Gasteiger partial charge in [-0.1, -0.05) is 30.7 Å². The molecule has 0 bridgehead atoms. The molecule has 0 unspecified atom stereocenters. The van der Waals surface area contributed by atoms with Crippen molar-refractivity contribution in [1.29, 1.82) is 0 Å². The third kappa shape index (κ3) is 4.05. The van der Waals surface area contributed by atoms with Crippen molar-refractivity contribution in [1.82, 2.24) is 4.31 Å². The van der Waals surface area contributed by atoms with Crippen LogP contribution in [0.25, 0.3) is 0 Å². The fourth-order valence-corrected chi connectivity index (χ4v) is 4.52. The number of rotatable bonds is 5. The number of nitro benzene ring substituents is 1. The zero-order valence-electron chi connectivity index (χ0n) is 13.8. The third-order valence-corrected chi connectivity index (χ3v) is 6.34. The Hall–Kier alpha value is -2.25. The minimum Gasteiger partial charge on any atom is -0.258 e. The summed E-state index contributed by atoms with van der Waals surface area (Å²) >= 11 is 0. The van der Waals surface area contributed by atoms with E-state index in [1.54, 1.807) is 40.7 Å². The molecule has 132 valence electrons. The predicted octanol–water partition coefficient (Wildman–Crippen LogP) is 3.36. The molecule has 0 amide bonds. The van der Waals surface area contributed by atoms with Crippen LogP contribution in [-0.4, -0.2) is 30.7 Å². The van der Waals surface area contributed by atoms with Gasteiger partial charge in [-0.3, -0.25) is 10.1 Å². The lowest BCUT2D eigenvalue weighted by Gasteiger charge is -2.25. The van der Waals surface area contributed by atoms with Gasteiger partial charge in [-0.2, -0.15) is 4.31 Å². The van der Waals surface area contributed by atoms with Gasteiger partial charge in [-0.25, -0.2) is 8.42 Å². The van der Waals surface area contributed by atoms with Crippen LogP contribution >= 0.6 is 0 Å². The van der Waals surface area contributed by atoms with Gasteiger partial charge < -0.3 is 0 Å². The molecule has 25 heavy (non-hydrogen) atoms. The van der Waals surface area contributed by atoms with Crippen molar-refractivity contribution >= 4 is 15.7 Å². The largest absolute Gasteiger partial charge is 0.269 e. The topological polar surface area (TPSA) is 80.5 Å². The average Bonchev–Trinajstić information content (AvgIpc) is 2.63. The van der Waals surface area contributed by atoms with Crippen molar-refractivity contribution in [2.75, 3.05) is 13.1 Å². The van der Waals surface area contributed by atoms with Crippen LogP contribution in [0.1, 0.15) is 30.4 Å². The van der Waals surface area contributed by atoms with E-state index >= 15 is 0 Å². The summed E-state index contributed by atoms with van der Waals surface area (Å²) in [4.78, 5) is 10.6. The molecule has 0 aliphatic carbocycles. The van der Waals surface area contributed by atoms with Crippen LogP contribution in [0.2, 0.25) is 0 Å². The van der Waals surface area contributed by atoms with Crippen molar-refractivity contribution in [3.63, 3.8) is 0 Å². The van der Waals surface area contributed by atoms with E-state index in [1.807, 2.05) is 0 Å². The number of nitro groups is 1. The van der Waals surface area contributed by atoms with Gasteiger partial charge in [0.25, 0.3) is 5.69 Å². The van der Waals surface area contributed by atoms with Gasteiger partial charge in [-0.05, 0) is 42.5 Å². The normalized spacial score (nSPS) is 15.8. The number of hydrogen-bond acceptors (Lipinski definition) is 4. The minimum atomic E-state index is -3.41. The van der Waals surface area contributed by atoms with E-state index < -0.39 is 14.9 Å². The van der Waals surface area contributed by atoms with Crippen LogP contribution in [0.3, 0.4) is 0 Å². The molecule has 3 rings (SSSR count). The maximum Gasteiger partial charge on any atom is 0.269 e. The highest BCUT2D eigenvalue weighted by molar-refractivity contribution is 7.89. The minimum absolute atomic E-state index is 0.0618. The second-order valence-electron chi connectivity index (χ2n) is 6.21. The zero-order valence-corrected chi connectivity index (χ0v) is 14.6.